The van der Waals surface area contributed by atoms with Gasteiger partial charge in [-0.2, -0.15) is 0 Å². The normalized spacial score (nSPS) is 12.5. The molecule has 0 saturated heterocycles. The fourth-order valence-electron chi connectivity index (χ4n) is 1.77. The van der Waals surface area contributed by atoms with Crippen LogP contribution in [0, 0.1) is 17.5 Å². The van der Waals surface area contributed by atoms with Gasteiger partial charge in [-0.25, -0.2) is 13.2 Å². The first-order valence-electron chi connectivity index (χ1n) is 5.54. The van der Waals surface area contributed by atoms with Gasteiger partial charge in [-0.1, -0.05) is 6.07 Å². The van der Waals surface area contributed by atoms with Gasteiger partial charge in [0.25, 0.3) is 0 Å². The Bertz CT molecular complexity index is 601. The van der Waals surface area contributed by atoms with Crippen LogP contribution in [0.4, 0.5) is 13.2 Å². The maximum absolute atomic E-state index is 13.5. The quantitative estimate of drug-likeness (QED) is 0.896. The van der Waals surface area contributed by atoms with Crippen molar-refractivity contribution in [3.05, 3.63) is 69.4 Å². The number of aliphatic hydroxyl groups excluding tert-OH is 1. The number of hydrogen-bond acceptors (Lipinski definition) is 1. The molecule has 5 heteroatoms. The molecular weight excluding hydrogens is 321 g/mol. The van der Waals surface area contributed by atoms with Gasteiger partial charge in [0, 0.05) is 12.0 Å². The molecule has 0 aliphatic heterocycles. The van der Waals surface area contributed by atoms with Crippen LogP contribution >= 0.6 is 15.9 Å². The van der Waals surface area contributed by atoms with Crippen molar-refractivity contribution in [2.45, 2.75) is 12.5 Å². The van der Waals surface area contributed by atoms with Crippen molar-refractivity contribution in [2.75, 3.05) is 0 Å². The number of aliphatic hydroxyl groups is 1. The Labute approximate surface area is 116 Å². The number of halogens is 4. The van der Waals surface area contributed by atoms with Crippen LogP contribution in [0.1, 0.15) is 17.2 Å². The molecule has 0 fully saturated rings. The summed E-state index contributed by atoms with van der Waals surface area (Å²) >= 11 is 3.03. The average molecular weight is 331 g/mol. The lowest BCUT2D eigenvalue weighted by Crippen LogP contribution is -2.05. The number of benzene rings is 2. The van der Waals surface area contributed by atoms with Gasteiger partial charge >= 0.3 is 0 Å². The van der Waals surface area contributed by atoms with Crippen molar-refractivity contribution in [3.63, 3.8) is 0 Å². The van der Waals surface area contributed by atoms with E-state index in [0.29, 0.717) is 5.56 Å². The third kappa shape index (κ3) is 3.36. The van der Waals surface area contributed by atoms with Crippen molar-refractivity contribution in [2.24, 2.45) is 0 Å². The highest BCUT2D eigenvalue weighted by Gasteiger charge is 2.15. The topological polar surface area (TPSA) is 20.2 Å². The van der Waals surface area contributed by atoms with Gasteiger partial charge in [0.15, 0.2) is 0 Å². The van der Waals surface area contributed by atoms with Gasteiger partial charge in [0.1, 0.15) is 17.5 Å². The van der Waals surface area contributed by atoms with E-state index in [-0.39, 0.29) is 16.5 Å². The van der Waals surface area contributed by atoms with Crippen molar-refractivity contribution in [1.29, 1.82) is 0 Å². The molecule has 0 heterocycles. The summed E-state index contributed by atoms with van der Waals surface area (Å²) < 4.78 is 39.8. The molecule has 0 aromatic heterocycles. The van der Waals surface area contributed by atoms with E-state index in [2.05, 4.69) is 15.9 Å². The number of rotatable bonds is 3. The molecule has 2 aromatic rings. The van der Waals surface area contributed by atoms with Gasteiger partial charge in [-0.05, 0) is 51.8 Å². The molecule has 0 amide bonds. The zero-order valence-corrected chi connectivity index (χ0v) is 11.3. The first kappa shape index (κ1) is 14.1. The molecule has 100 valence electrons. The molecule has 0 saturated carbocycles. The van der Waals surface area contributed by atoms with Crippen molar-refractivity contribution >= 4 is 15.9 Å². The Hall–Kier alpha value is -1.33. The second-order valence-corrected chi connectivity index (χ2v) is 4.99. The molecule has 2 rings (SSSR count). The predicted molar refractivity (Wildman–Crippen MR) is 69.1 cm³/mol. The van der Waals surface area contributed by atoms with Gasteiger partial charge in [-0.3, -0.25) is 0 Å². The lowest BCUT2D eigenvalue weighted by molar-refractivity contribution is 0.173. The molecule has 1 N–H and O–H groups in total. The Kier molecular flexibility index (Phi) is 4.27. The van der Waals surface area contributed by atoms with Gasteiger partial charge in [-0.15, -0.1) is 0 Å². The highest BCUT2D eigenvalue weighted by atomic mass is 79.9. The maximum Gasteiger partial charge on any atom is 0.137 e. The van der Waals surface area contributed by atoms with E-state index in [0.717, 1.165) is 18.2 Å². The van der Waals surface area contributed by atoms with Crippen LogP contribution in [0.5, 0.6) is 0 Å². The van der Waals surface area contributed by atoms with Crippen LogP contribution in [0.3, 0.4) is 0 Å². The Morgan fingerprint density at radius 1 is 1.00 bits per heavy atom. The SMILES string of the molecule is OC(Cc1ccc(F)c(Br)c1)c1cc(F)ccc1F. The first-order chi connectivity index (χ1) is 8.97. The van der Waals surface area contributed by atoms with E-state index in [1.165, 1.54) is 18.2 Å². The highest BCUT2D eigenvalue weighted by Crippen LogP contribution is 2.24. The monoisotopic (exact) mass is 330 g/mol. The summed E-state index contributed by atoms with van der Waals surface area (Å²) in [7, 11) is 0. The summed E-state index contributed by atoms with van der Waals surface area (Å²) in [6.45, 7) is 0. The molecule has 0 spiro atoms. The van der Waals surface area contributed by atoms with Gasteiger partial charge in [0.2, 0.25) is 0 Å². The summed E-state index contributed by atoms with van der Waals surface area (Å²) in [5, 5.41) is 9.92. The zero-order valence-electron chi connectivity index (χ0n) is 9.71. The van der Waals surface area contributed by atoms with E-state index >= 15 is 0 Å². The van der Waals surface area contributed by atoms with Crippen LogP contribution in [-0.4, -0.2) is 5.11 Å². The van der Waals surface area contributed by atoms with E-state index < -0.39 is 23.6 Å². The largest absolute Gasteiger partial charge is 0.388 e. The lowest BCUT2D eigenvalue weighted by Gasteiger charge is -2.12. The molecule has 1 nitrogen and oxygen atoms in total. The van der Waals surface area contributed by atoms with Crippen LogP contribution in [0.25, 0.3) is 0 Å². The summed E-state index contributed by atoms with van der Waals surface area (Å²) in [5.74, 6) is -1.71. The van der Waals surface area contributed by atoms with Crippen molar-refractivity contribution in [3.8, 4) is 0 Å². The smallest absolute Gasteiger partial charge is 0.137 e. The molecule has 19 heavy (non-hydrogen) atoms. The first-order valence-corrected chi connectivity index (χ1v) is 6.33. The average Bonchev–Trinajstić information content (AvgIpc) is 2.36. The fraction of sp³-hybridized carbons (Fsp3) is 0.143. The summed E-state index contributed by atoms with van der Waals surface area (Å²) in [4.78, 5) is 0. The summed E-state index contributed by atoms with van der Waals surface area (Å²) in [6, 6.07) is 7.14. The predicted octanol–water partition coefficient (Wildman–Crippen LogP) is 4.14. The minimum absolute atomic E-state index is 0.0687. The number of hydrogen-bond donors (Lipinski definition) is 1. The molecular formula is C14H10BrF3O. The van der Waals surface area contributed by atoms with Crippen molar-refractivity contribution in [1.82, 2.24) is 0 Å². The molecule has 0 bridgehead atoms. The zero-order chi connectivity index (χ0) is 14.0. The van der Waals surface area contributed by atoms with Crippen LogP contribution in [0.15, 0.2) is 40.9 Å². The Morgan fingerprint density at radius 3 is 2.37 bits per heavy atom. The molecule has 0 radical (unpaired) electrons. The van der Waals surface area contributed by atoms with Crippen LogP contribution < -0.4 is 0 Å². The lowest BCUT2D eigenvalue weighted by atomic mass is 10.0. The maximum atomic E-state index is 13.5. The minimum atomic E-state index is -1.19. The van der Waals surface area contributed by atoms with E-state index in [1.54, 1.807) is 0 Å². The van der Waals surface area contributed by atoms with Gasteiger partial charge < -0.3 is 5.11 Å². The van der Waals surface area contributed by atoms with E-state index in [9.17, 15) is 18.3 Å². The molecule has 0 aliphatic carbocycles. The molecule has 2 aromatic carbocycles. The molecule has 1 unspecified atom stereocenters. The minimum Gasteiger partial charge on any atom is -0.388 e. The third-order valence-corrected chi connectivity index (χ3v) is 3.34. The summed E-state index contributed by atoms with van der Waals surface area (Å²) in [5.41, 5.74) is 0.505. The fourth-order valence-corrected chi connectivity index (χ4v) is 2.20. The van der Waals surface area contributed by atoms with E-state index in [4.69, 9.17) is 0 Å². The molecule has 0 aliphatic rings. The second-order valence-electron chi connectivity index (χ2n) is 4.13. The third-order valence-electron chi connectivity index (χ3n) is 2.73. The second kappa shape index (κ2) is 5.75. The highest BCUT2D eigenvalue weighted by molar-refractivity contribution is 9.10. The van der Waals surface area contributed by atoms with E-state index in [1.807, 2.05) is 0 Å². The van der Waals surface area contributed by atoms with Gasteiger partial charge in [0.05, 0.1) is 10.6 Å². The summed E-state index contributed by atoms with van der Waals surface area (Å²) in [6.07, 6.45) is -1.12. The Morgan fingerprint density at radius 2 is 1.68 bits per heavy atom. The van der Waals surface area contributed by atoms with Crippen LogP contribution in [0.2, 0.25) is 0 Å². The Balaban J connectivity index is 2.22. The van der Waals surface area contributed by atoms with Crippen molar-refractivity contribution < 1.29 is 18.3 Å². The molecule has 1 atom stereocenters. The standard InChI is InChI=1S/C14H10BrF3O/c15-11-5-8(1-3-13(11)18)6-14(19)10-7-9(16)2-4-12(10)17/h1-5,7,14,19H,6H2. The van der Waals surface area contributed by atoms with Crippen LogP contribution in [-0.2, 0) is 6.42 Å².